The van der Waals surface area contributed by atoms with Crippen molar-refractivity contribution in [2.75, 3.05) is 0 Å². The molecule has 7 nitrogen and oxygen atoms in total. The molecule has 0 bridgehead atoms. The molecule has 1 N–H and O–H groups in total. The summed E-state index contributed by atoms with van der Waals surface area (Å²) >= 11 is 7.05. The van der Waals surface area contributed by atoms with Crippen LogP contribution in [-0.4, -0.2) is 32.4 Å². The minimum absolute atomic E-state index is 0. The zero-order valence-electron chi connectivity index (χ0n) is 48.0. The van der Waals surface area contributed by atoms with Crippen LogP contribution in [0.2, 0.25) is 0 Å². The van der Waals surface area contributed by atoms with Gasteiger partial charge >= 0.3 is 0 Å². The van der Waals surface area contributed by atoms with Gasteiger partial charge in [0, 0.05) is 133 Å². The number of aromatic nitrogens is 7. The van der Waals surface area contributed by atoms with Gasteiger partial charge in [0.15, 0.2) is 0 Å². The van der Waals surface area contributed by atoms with E-state index in [9.17, 15) is 0 Å². The molecule has 0 radical (unpaired) electrons. The number of hydrogen-bond donors (Lipinski definition) is 1. The average molecular weight is 1290 g/mol. The fourth-order valence-corrected chi connectivity index (χ4v) is 14.0. The Morgan fingerprint density at radius 1 is 0.222 bits per heavy atom. The molecular weight excluding hydrogens is 1230 g/mol. The molecule has 0 atom stereocenters. The molecule has 7 aromatic heterocycles. The molecular formula is C81H57Br2N7. The third-order valence-corrected chi connectivity index (χ3v) is 18.6. The molecule has 19 rings (SSSR count). The van der Waals surface area contributed by atoms with Gasteiger partial charge in [0.05, 0.1) is 44.1 Å². The Morgan fingerprint density at radius 2 is 0.456 bits per heavy atom. The van der Waals surface area contributed by atoms with E-state index in [0.717, 1.165) is 43.1 Å². The van der Waals surface area contributed by atoms with Gasteiger partial charge in [-0.1, -0.05) is 173 Å². The summed E-state index contributed by atoms with van der Waals surface area (Å²) < 4.78 is 16.1. The van der Waals surface area contributed by atoms with E-state index in [1.807, 2.05) is 0 Å². The second kappa shape index (κ2) is 22.4. The van der Waals surface area contributed by atoms with Gasteiger partial charge in [-0.05, 0) is 158 Å². The third kappa shape index (κ3) is 9.15. The van der Waals surface area contributed by atoms with E-state index >= 15 is 0 Å². The number of aromatic amines is 1. The molecule has 430 valence electrons. The molecule has 0 aliphatic rings. The standard InChI is InChI=1S/C46H30N4.C22H14Br2N2.C12H9N.CH4/c1-5-13-41-37(9-1)38-10-2-6-14-42(38)49(41)35-23-19-33(20-24-35)47-29-27-31-17-18-32-28-30-48(46(32)45(31)47)34-21-25-36(26-22-34)50-43-15-7-3-11-39(43)40-12-4-8-16-44(40)50;23-17-3-7-19(8-4-17)25-13-11-15-1-2-16-12-14-26(22(16)21(15)25)20-9-5-18(24)6-10-20;1-3-7-11-9(5-1)10-6-2-4-8-12(10)13-11;/h1-30H;1-14H;1-8,13H;1H4. The summed E-state index contributed by atoms with van der Waals surface area (Å²) in [6.45, 7) is 0. The maximum atomic E-state index is 3.52. The van der Waals surface area contributed by atoms with Gasteiger partial charge in [-0.25, -0.2) is 0 Å². The normalized spacial score (nSPS) is 11.6. The molecule has 12 aromatic carbocycles. The fraction of sp³-hybridized carbons (Fsp3) is 0.0123. The van der Waals surface area contributed by atoms with Gasteiger partial charge in [0.1, 0.15) is 0 Å². The summed E-state index contributed by atoms with van der Waals surface area (Å²) in [5.41, 5.74) is 19.0. The van der Waals surface area contributed by atoms with Crippen LogP contribution in [0.3, 0.4) is 0 Å². The number of halogens is 2. The molecule has 0 saturated heterocycles. The predicted molar refractivity (Wildman–Crippen MR) is 387 cm³/mol. The minimum atomic E-state index is 0. The van der Waals surface area contributed by atoms with Gasteiger partial charge in [-0.3, -0.25) is 0 Å². The van der Waals surface area contributed by atoms with Crippen LogP contribution in [0.4, 0.5) is 0 Å². The average Bonchev–Trinajstić information content (AvgIpc) is 1.93. The third-order valence-electron chi connectivity index (χ3n) is 17.6. The Bertz CT molecular complexity index is 5400. The highest BCUT2D eigenvalue weighted by Crippen LogP contribution is 2.38. The molecule has 7 heterocycles. The summed E-state index contributed by atoms with van der Waals surface area (Å²) in [5, 5.41) is 12.6. The van der Waals surface area contributed by atoms with Crippen molar-refractivity contribution in [2.24, 2.45) is 0 Å². The maximum absolute atomic E-state index is 3.52. The monoisotopic (exact) mass is 1290 g/mol. The topological polar surface area (TPSA) is 45.4 Å². The van der Waals surface area contributed by atoms with Crippen molar-refractivity contribution in [2.45, 2.75) is 7.43 Å². The van der Waals surface area contributed by atoms with E-state index in [1.54, 1.807) is 0 Å². The van der Waals surface area contributed by atoms with Crippen molar-refractivity contribution in [3.63, 3.8) is 0 Å². The van der Waals surface area contributed by atoms with Crippen molar-refractivity contribution >= 4 is 141 Å². The summed E-state index contributed by atoms with van der Waals surface area (Å²) in [4.78, 5) is 3.38. The minimum Gasteiger partial charge on any atom is -0.355 e. The molecule has 0 aliphatic carbocycles. The van der Waals surface area contributed by atoms with Crippen molar-refractivity contribution < 1.29 is 0 Å². The first-order valence-electron chi connectivity index (χ1n) is 29.9. The lowest BCUT2D eigenvalue weighted by molar-refractivity contribution is 1.09. The molecule has 0 saturated carbocycles. The first-order chi connectivity index (χ1) is 44.0. The maximum Gasteiger partial charge on any atom is 0.0777 e. The molecule has 0 fully saturated rings. The first-order valence-corrected chi connectivity index (χ1v) is 31.4. The van der Waals surface area contributed by atoms with Gasteiger partial charge in [0.25, 0.3) is 0 Å². The van der Waals surface area contributed by atoms with Crippen molar-refractivity contribution in [1.29, 1.82) is 0 Å². The summed E-state index contributed by atoms with van der Waals surface area (Å²) in [6.07, 6.45) is 8.68. The van der Waals surface area contributed by atoms with Gasteiger partial charge < -0.3 is 32.4 Å². The lowest BCUT2D eigenvalue weighted by Crippen LogP contribution is -1.99. The number of benzene rings is 12. The fourth-order valence-electron chi connectivity index (χ4n) is 13.5. The second-order valence-electron chi connectivity index (χ2n) is 22.6. The number of nitrogens with zero attached hydrogens (tertiary/aromatic N) is 6. The van der Waals surface area contributed by atoms with Crippen molar-refractivity contribution in [1.82, 2.24) is 32.4 Å². The molecule has 0 amide bonds. The number of H-pyrrole nitrogens is 1. The number of rotatable bonds is 6. The van der Waals surface area contributed by atoms with Crippen molar-refractivity contribution in [3.8, 4) is 34.1 Å². The second-order valence-corrected chi connectivity index (χ2v) is 24.4. The van der Waals surface area contributed by atoms with E-state index in [2.05, 4.69) is 380 Å². The Labute approximate surface area is 536 Å². The summed E-state index contributed by atoms with van der Waals surface area (Å²) in [5.74, 6) is 0. The molecule has 0 aliphatic heterocycles. The molecule has 9 heteroatoms. The van der Waals surface area contributed by atoms with E-state index in [1.165, 1.54) is 109 Å². The SMILES string of the molecule is Brc1ccc(-n2ccc3ccc4ccn(-c5ccc(Br)cc5)c4c32)cc1.C.c1ccc2c(c1)[nH]c1ccccc12.c1ccc2c(c1)c1ccccc1n2-c1ccc(-n2ccc3ccc4ccn(-c5ccc(-n6c7ccccc7c7ccccc76)cc5)c4c32)cc1. The van der Waals surface area contributed by atoms with Gasteiger partial charge in [-0.2, -0.15) is 0 Å². The zero-order chi connectivity index (χ0) is 59.1. The highest BCUT2D eigenvalue weighted by Gasteiger charge is 2.18. The van der Waals surface area contributed by atoms with Crippen molar-refractivity contribution in [3.05, 3.63) is 325 Å². The molecule has 19 aromatic rings. The lowest BCUT2D eigenvalue weighted by Gasteiger charge is -2.13. The van der Waals surface area contributed by atoms with Crippen LogP contribution in [0.15, 0.2) is 325 Å². The van der Waals surface area contributed by atoms with Crippen LogP contribution in [0.1, 0.15) is 7.43 Å². The van der Waals surface area contributed by atoms with Crippen LogP contribution in [0.25, 0.3) is 143 Å². The van der Waals surface area contributed by atoms with Crippen LogP contribution >= 0.6 is 31.9 Å². The Kier molecular flexibility index (Phi) is 13.6. The number of hydrogen-bond acceptors (Lipinski definition) is 0. The van der Waals surface area contributed by atoms with Crippen LogP contribution in [-0.2, 0) is 0 Å². The highest BCUT2D eigenvalue weighted by molar-refractivity contribution is 9.10. The smallest absolute Gasteiger partial charge is 0.0777 e. The van der Waals surface area contributed by atoms with Gasteiger partial charge in [0.2, 0.25) is 0 Å². The molecule has 0 spiro atoms. The quantitative estimate of drug-likeness (QED) is 0.172. The molecule has 90 heavy (non-hydrogen) atoms. The van der Waals surface area contributed by atoms with Gasteiger partial charge in [-0.15, -0.1) is 0 Å². The summed E-state index contributed by atoms with van der Waals surface area (Å²) in [6, 6.07) is 104. The lowest BCUT2D eigenvalue weighted by atomic mass is 10.2. The highest BCUT2D eigenvalue weighted by atomic mass is 79.9. The van der Waals surface area contributed by atoms with E-state index in [-0.39, 0.29) is 7.43 Å². The van der Waals surface area contributed by atoms with Crippen LogP contribution in [0, 0.1) is 0 Å². The Hall–Kier alpha value is -10.8. The molecule has 0 unspecified atom stereocenters. The summed E-state index contributed by atoms with van der Waals surface area (Å²) in [7, 11) is 0. The Balaban J connectivity index is 0.000000134. The van der Waals surface area contributed by atoms with Crippen LogP contribution in [0.5, 0.6) is 0 Å². The number of nitrogens with one attached hydrogen (secondary N) is 1. The van der Waals surface area contributed by atoms with E-state index in [4.69, 9.17) is 0 Å². The number of fused-ring (bicyclic) bond motifs is 15. The largest absolute Gasteiger partial charge is 0.355 e. The van der Waals surface area contributed by atoms with Crippen LogP contribution < -0.4 is 0 Å². The van der Waals surface area contributed by atoms with E-state index < -0.39 is 0 Å². The predicted octanol–water partition coefficient (Wildman–Crippen LogP) is 22.8. The van der Waals surface area contributed by atoms with E-state index in [0.29, 0.717) is 0 Å². The Morgan fingerprint density at radius 3 is 0.744 bits per heavy atom. The number of para-hydroxylation sites is 6. The zero-order valence-corrected chi connectivity index (χ0v) is 51.1. The first kappa shape index (κ1) is 54.5.